The first-order valence-corrected chi connectivity index (χ1v) is 13.0. The Balaban J connectivity index is 1.60. The standard InChI is InChI=1S/C24H21N3O7S2/c1-3-34-24(31)19-14(2)20(21(29)25-15-9-5-4-6-10-15)35-22(19)26-18(28)13-27-23(30)16-11-7-8-12-17(16)36(27,32)33/h4-12H,3,13H2,1-2H3,(H,25,29)(H,26,28). The number of benzene rings is 2. The summed E-state index contributed by atoms with van der Waals surface area (Å²) < 4.78 is 31.1. The topological polar surface area (TPSA) is 139 Å². The van der Waals surface area contributed by atoms with Crippen LogP contribution in [-0.4, -0.2) is 49.6 Å². The number of hydrogen-bond donors (Lipinski definition) is 2. The van der Waals surface area contributed by atoms with Gasteiger partial charge in [-0.3, -0.25) is 14.4 Å². The van der Waals surface area contributed by atoms with Gasteiger partial charge in [-0.2, -0.15) is 0 Å². The molecule has 2 heterocycles. The number of carbonyl (C=O) groups excluding carboxylic acids is 4. The van der Waals surface area contributed by atoms with Crippen molar-refractivity contribution in [3.63, 3.8) is 0 Å². The van der Waals surface area contributed by atoms with Crippen LogP contribution >= 0.6 is 11.3 Å². The molecule has 0 saturated heterocycles. The average Bonchev–Trinajstić information content (AvgIpc) is 3.27. The minimum atomic E-state index is -4.20. The van der Waals surface area contributed by atoms with Gasteiger partial charge in [0.1, 0.15) is 16.4 Å². The number of ether oxygens (including phenoxy) is 1. The van der Waals surface area contributed by atoms with Gasteiger partial charge in [-0.25, -0.2) is 17.5 Å². The maximum absolute atomic E-state index is 12.9. The smallest absolute Gasteiger partial charge is 0.341 e. The first-order valence-electron chi connectivity index (χ1n) is 10.8. The molecule has 3 amide bonds. The van der Waals surface area contributed by atoms with Crippen LogP contribution in [0.3, 0.4) is 0 Å². The molecule has 2 aromatic carbocycles. The van der Waals surface area contributed by atoms with Crippen LogP contribution < -0.4 is 10.6 Å². The first-order chi connectivity index (χ1) is 17.1. The third-order valence-electron chi connectivity index (χ3n) is 5.32. The van der Waals surface area contributed by atoms with Gasteiger partial charge in [-0.15, -0.1) is 11.3 Å². The van der Waals surface area contributed by atoms with E-state index in [0.29, 0.717) is 15.6 Å². The van der Waals surface area contributed by atoms with Crippen molar-refractivity contribution in [3.05, 3.63) is 76.2 Å². The van der Waals surface area contributed by atoms with Crippen LogP contribution in [0, 0.1) is 6.92 Å². The zero-order valence-electron chi connectivity index (χ0n) is 19.2. The van der Waals surface area contributed by atoms with Crippen molar-refractivity contribution in [1.29, 1.82) is 0 Å². The Hall–Kier alpha value is -4.03. The summed E-state index contributed by atoms with van der Waals surface area (Å²) in [7, 11) is -4.20. The molecular formula is C24H21N3O7S2. The summed E-state index contributed by atoms with van der Waals surface area (Å²) >= 11 is 0.844. The summed E-state index contributed by atoms with van der Waals surface area (Å²) in [6.45, 7) is 2.41. The van der Waals surface area contributed by atoms with E-state index in [1.165, 1.54) is 24.3 Å². The number of hydrogen-bond acceptors (Lipinski definition) is 8. The molecule has 1 aliphatic heterocycles. The number of carbonyl (C=O) groups is 4. The van der Waals surface area contributed by atoms with Gasteiger partial charge in [0, 0.05) is 5.69 Å². The van der Waals surface area contributed by atoms with Crippen LogP contribution in [0.15, 0.2) is 59.5 Å². The second kappa shape index (κ2) is 9.91. The maximum atomic E-state index is 12.9. The lowest BCUT2D eigenvalue weighted by atomic mass is 10.1. The van der Waals surface area contributed by atoms with Gasteiger partial charge in [-0.05, 0) is 43.7 Å². The zero-order chi connectivity index (χ0) is 26.0. The van der Waals surface area contributed by atoms with E-state index >= 15 is 0 Å². The predicted molar refractivity (Wildman–Crippen MR) is 133 cm³/mol. The quantitative estimate of drug-likeness (QED) is 0.450. The Bertz CT molecular complexity index is 1480. The third kappa shape index (κ3) is 4.60. The fourth-order valence-electron chi connectivity index (χ4n) is 3.66. The van der Waals surface area contributed by atoms with Crippen molar-refractivity contribution < 1.29 is 32.3 Å². The molecule has 0 bridgehead atoms. The SMILES string of the molecule is CCOC(=O)c1c(NC(=O)CN2C(=O)c3ccccc3S2(=O)=O)sc(C(=O)Nc2ccccc2)c1C. The Morgan fingerprint density at radius 3 is 2.33 bits per heavy atom. The number of nitrogens with one attached hydrogen (secondary N) is 2. The highest BCUT2D eigenvalue weighted by molar-refractivity contribution is 7.90. The van der Waals surface area contributed by atoms with Crippen molar-refractivity contribution in [1.82, 2.24) is 4.31 Å². The fourth-order valence-corrected chi connectivity index (χ4v) is 6.29. The summed E-state index contributed by atoms with van der Waals surface area (Å²) in [5.74, 6) is -2.93. The number of anilines is 2. The van der Waals surface area contributed by atoms with Crippen molar-refractivity contribution >= 4 is 55.7 Å². The van der Waals surface area contributed by atoms with E-state index in [9.17, 15) is 27.6 Å². The lowest BCUT2D eigenvalue weighted by Crippen LogP contribution is -2.37. The van der Waals surface area contributed by atoms with Gasteiger partial charge >= 0.3 is 5.97 Å². The summed E-state index contributed by atoms with van der Waals surface area (Å²) in [5.41, 5.74) is 0.784. The molecule has 1 aliphatic rings. The molecule has 10 nitrogen and oxygen atoms in total. The van der Waals surface area contributed by atoms with E-state index in [1.54, 1.807) is 44.2 Å². The van der Waals surface area contributed by atoms with Crippen molar-refractivity contribution in [3.8, 4) is 0 Å². The van der Waals surface area contributed by atoms with Crippen LogP contribution in [0.25, 0.3) is 0 Å². The number of amides is 3. The molecule has 0 aliphatic carbocycles. The molecule has 0 spiro atoms. The second-order valence-electron chi connectivity index (χ2n) is 7.66. The van der Waals surface area contributed by atoms with Gasteiger partial charge in [0.15, 0.2) is 0 Å². The molecule has 3 aromatic rings. The maximum Gasteiger partial charge on any atom is 0.341 e. The number of para-hydroxylation sites is 1. The van der Waals surface area contributed by atoms with Gasteiger partial charge in [-0.1, -0.05) is 30.3 Å². The van der Waals surface area contributed by atoms with Crippen LogP contribution in [0.2, 0.25) is 0 Å². The molecule has 12 heteroatoms. The van der Waals surface area contributed by atoms with Gasteiger partial charge in [0.25, 0.3) is 21.8 Å². The number of nitrogens with zero attached hydrogens (tertiary/aromatic N) is 1. The average molecular weight is 528 g/mol. The predicted octanol–water partition coefficient (Wildman–Crippen LogP) is 3.27. The lowest BCUT2D eigenvalue weighted by Gasteiger charge is -2.14. The molecule has 1 aromatic heterocycles. The van der Waals surface area contributed by atoms with Crippen molar-refractivity contribution in [2.45, 2.75) is 18.7 Å². The van der Waals surface area contributed by atoms with Crippen molar-refractivity contribution in [2.24, 2.45) is 0 Å². The van der Waals surface area contributed by atoms with E-state index < -0.39 is 40.3 Å². The van der Waals surface area contributed by atoms with Crippen LogP contribution in [0.4, 0.5) is 10.7 Å². The summed E-state index contributed by atoms with van der Waals surface area (Å²) in [6, 6.07) is 14.3. The minimum Gasteiger partial charge on any atom is -0.462 e. The highest BCUT2D eigenvalue weighted by Crippen LogP contribution is 2.35. The van der Waals surface area contributed by atoms with Gasteiger partial charge in [0.05, 0.1) is 22.6 Å². The van der Waals surface area contributed by atoms with Gasteiger partial charge in [0.2, 0.25) is 5.91 Å². The monoisotopic (exact) mass is 527 g/mol. The highest BCUT2D eigenvalue weighted by atomic mass is 32.2. The summed E-state index contributed by atoms with van der Waals surface area (Å²) in [4.78, 5) is 51.0. The first kappa shape index (κ1) is 25.1. The van der Waals surface area contributed by atoms with E-state index in [-0.39, 0.29) is 32.5 Å². The fraction of sp³-hybridized carbons (Fsp3) is 0.167. The molecule has 0 saturated carbocycles. The molecule has 0 atom stereocenters. The van der Waals surface area contributed by atoms with E-state index in [0.717, 1.165) is 11.3 Å². The second-order valence-corrected chi connectivity index (χ2v) is 10.5. The Morgan fingerprint density at radius 2 is 1.67 bits per heavy atom. The number of sulfonamides is 1. The third-order valence-corrected chi connectivity index (χ3v) is 8.31. The Morgan fingerprint density at radius 1 is 1.00 bits per heavy atom. The number of esters is 1. The number of fused-ring (bicyclic) bond motifs is 1. The highest BCUT2D eigenvalue weighted by Gasteiger charge is 2.42. The van der Waals surface area contributed by atoms with Gasteiger partial charge < -0.3 is 15.4 Å². The molecule has 4 rings (SSSR count). The molecule has 186 valence electrons. The Kier molecular flexibility index (Phi) is 6.91. The van der Waals surface area contributed by atoms with Crippen LogP contribution in [0.1, 0.15) is 42.9 Å². The summed E-state index contributed by atoms with van der Waals surface area (Å²) in [6.07, 6.45) is 0. The molecular weight excluding hydrogens is 506 g/mol. The molecule has 0 fully saturated rings. The molecule has 0 unspecified atom stereocenters. The van der Waals surface area contributed by atoms with E-state index in [1.807, 2.05) is 0 Å². The summed E-state index contributed by atoms with van der Waals surface area (Å²) in [5, 5.41) is 5.22. The van der Waals surface area contributed by atoms with E-state index in [4.69, 9.17) is 4.74 Å². The molecule has 36 heavy (non-hydrogen) atoms. The van der Waals surface area contributed by atoms with E-state index in [2.05, 4.69) is 10.6 Å². The largest absolute Gasteiger partial charge is 0.462 e. The van der Waals surface area contributed by atoms with Crippen molar-refractivity contribution in [2.75, 3.05) is 23.8 Å². The Labute approximate surface area is 210 Å². The van der Waals surface area contributed by atoms with Crippen LogP contribution in [-0.2, 0) is 19.6 Å². The molecule has 0 radical (unpaired) electrons. The zero-order valence-corrected chi connectivity index (χ0v) is 20.9. The molecule has 2 N–H and O–H groups in total. The number of rotatable bonds is 7. The number of thiophene rings is 1. The minimum absolute atomic E-state index is 0.00993. The lowest BCUT2D eigenvalue weighted by molar-refractivity contribution is -0.116. The van der Waals surface area contributed by atoms with Crippen LogP contribution in [0.5, 0.6) is 0 Å². The normalized spacial score (nSPS) is 13.7.